The molecule has 0 spiro atoms. The second-order valence-corrected chi connectivity index (χ2v) is 4.24. The number of H-pyrrole nitrogens is 1. The number of carbonyl (C=O) groups is 1. The molecule has 0 radical (unpaired) electrons. The summed E-state index contributed by atoms with van der Waals surface area (Å²) >= 11 is 0. The van der Waals surface area contributed by atoms with E-state index in [1.807, 2.05) is 0 Å². The number of aromatic nitrogens is 2. The molecule has 5 heteroatoms. The summed E-state index contributed by atoms with van der Waals surface area (Å²) in [6.07, 6.45) is 8.38. The van der Waals surface area contributed by atoms with Crippen molar-refractivity contribution < 1.29 is 4.79 Å². The molecule has 0 saturated carbocycles. The average Bonchev–Trinajstić information content (AvgIpc) is 2.81. The summed E-state index contributed by atoms with van der Waals surface area (Å²) in [5.41, 5.74) is 6.68. The van der Waals surface area contributed by atoms with Crippen LogP contribution in [0.5, 0.6) is 0 Å². The fourth-order valence-electron chi connectivity index (χ4n) is 1.62. The van der Waals surface area contributed by atoms with Crippen LogP contribution >= 0.6 is 0 Å². The molecule has 1 heterocycles. The zero-order valence-corrected chi connectivity index (χ0v) is 10.4. The Bertz CT molecular complexity index is 310. The van der Waals surface area contributed by atoms with Crippen LogP contribution in [0.25, 0.3) is 0 Å². The number of rotatable bonds is 8. The summed E-state index contributed by atoms with van der Waals surface area (Å²) in [4.78, 5) is 18.5. The third-order valence-corrected chi connectivity index (χ3v) is 2.66. The first kappa shape index (κ1) is 13.7. The summed E-state index contributed by atoms with van der Waals surface area (Å²) in [5, 5.41) is 2.86. The summed E-state index contributed by atoms with van der Waals surface area (Å²) in [7, 11) is 0. The molecule has 1 atom stereocenters. The van der Waals surface area contributed by atoms with Crippen molar-refractivity contribution >= 4 is 5.91 Å². The maximum absolute atomic E-state index is 11.6. The molecular weight excluding hydrogens is 216 g/mol. The van der Waals surface area contributed by atoms with E-state index in [0.29, 0.717) is 6.42 Å². The van der Waals surface area contributed by atoms with Crippen LogP contribution in [0.4, 0.5) is 0 Å². The zero-order valence-electron chi connectivity index (χ0n) is 10.4. The van der Waals surface area contributed by atoms with Crippen LogP contribution in [0.2, 0.25) is 0 Å². The molecule has 0 unspecified atom stereocenters. The maximum Gasteiger partial charge on any atom is 0.237 e. The highest BCUT2D eigenvalue weighted by Crippen LogP contribution is 1.98. The number of nitrogens with two attached hydrogens (primary N) is 1. The average molecular weight is 238 g/mol. The van der Waals surface area contributed by atoms with Gasteiger partial charge in [0.1, 0.15) is 0 Å². The van der Waals surface area contributed by atoms with Crippen LogP contribution in [0, 0.1) is 0 Å². The minimum atomic E-state index is -0.498. The van der Waals surface area contributed by atoms with Gasteiger partial charge in [-0.25, -0.2) is 4.98 Å². The van der Waals surface area contributed by atoms with E-state index in [1.54, 1.807) is 12.5 Å². The minimum absolute atomic E-state index is 0.0869. The van der Waals surface area contributed by atoms with Gasteiger partial charge in [-0.05, 0) is 6.42 Å². The van der Waals surface area contributed by atoms with E-state index in [9.17, 15) is 4.79 Å². The molecule has 4 N–H and O–H groups in total. The number of nitrogens with zero attached hydrogens (tertiary/aromatic N) is 1. The van der Waals surface area contributed by atoms with Crippen LogP contribution in [0.3, 0.4) is 0 Å². The van der Waals surface area contributed by atoms with Gasteiger partial charge in [0, 0.05) is 24.9 Å². The van der Waals surface area contributed by atoms with E-state index >= 15 is 0 Å². The quantitative estimate of drug-likeness (QED) is 0.590. The van der Waals surface area contributed by atoms with Crippen LogP contribution in [0.1, 0.15) is 38.3 Å². The number of aromatic amines is 1. The summed E-state index contributed by atoms with van der Waals surface area (Å²) < 4.78 is 0. The molecule has 0 fully saturated rings. The normalized spacial score (nSPS) is 12.4. The first-order valence-electron chi connectivity index (χ1n) is 6.24. The smallest absolute Gasteiger partial charge is 0.237 e. The Morgan fingerprint density at radius 2 is 2.35 bits per heavy atom. The van der Waals surface area contributed by atoms with Crippen LogP contribution in [-0.4, -0.2) is 28.5 Å². The fraction of sp³-hybridized carbons (Fsp3) is 0.667. The Balaban J connectivity index is 2.14. The molecule has 0 aliphatic rings. The number of hydrogen-bond acceptors (Lipinski definition) is 3. The number of hydrogen-bond donors (Lipinski definition) is 3. The lowest BCUT2D eigenvalue weighted by Gasteiger charge is -2.11. The van der Waals surface area contributed by atoms with Gasteiger partial charge in [-0.1, -0.05) is 26.2 Å². The molecule has 0 aliphatic carbocycles. The molecule has 0 aromatic carbocycles. The Labute approximate surface area is 102 Å². The van der Waals surface area contributed by atoms with Crippen molar-refractivity contribution in [3.05, 3.63) is 18.2 Å². The molecule has 96 valence electrons. The van der Waals surface area contributed by atoms with Crippen LogP contribution in [-0.2, 0) is 11.2 Å². The summed E-state index contributed by atoms with van der Waals surface area (Å²) in [6, 6.07) is -0.498. The maximum atomic E-state index is 11.6. The van der Waals surface area contributed by atoms with Gasteiger partial charge in [0.2, 0.25) is 5.91 Å². The third kappa shape index (κ3) is 5.49. The van der Waals surface area contributed by atoms with E-state index in [4.69, 9.17) is 5.73 Å². The molecule has 0 bridgehead atoms. The van der Waals surface area contributed by atoms with Crippen molar-refractivity contribution in [2.24, 2.45) is 5.73 Å². The lowest BCUT2D eigenvalue weighted by atomic mass is 10.1. The second kappa shape index (κ2) is 7.84. The highest BCUT2D eigenvalue weighted by Gasteiger charge is 2.13. The second-order valence-electron chi connectivity index (χ2n) is 4.24. The predicted octanol–water partition coefficient (Wildman–Crippen LogP) is 0.976. The molecule has 1 amide bonds. The molecule has 5 nitrogen and oxygen atoms in total. The first-order chi connectivity index (χ1) is 8.24. The van der Waals surface area contributed by atoms with Gasteiger partial charge < -0.3 is 16.0 Å². The standard InChI is InChI=1S/C12H22N4O/c1-2-3-4-5-6-15-12(17)11(13)7-10-8-14-9-16-10/h8-9,11H,2-7,13H2,1H3,(H,14,16)(H,15,17)/t11-/m0/s1. The highest BCUT2D eigenvalue weighted by atomic mass is 16.2. The number of amides is 1. The third-order valence-electron chi connectivity index (χ3n) is 2.66. The van der Waals surface area contributed by atoms with Gasteiger partial charge in [-0.2, -0.15) is 0 Å². The van der Waals surface area contributed by atoms with E-state index in [2.05, 4.69) is 22.2 Å². The molecule has 1 rings (SSSR count). The fourth-order valence-corrected chi connectivity index (χ4v) is 1.62. The van der Waals surface area contributed by atoms with Crippen LogP contribution in [0.15, 0.2) is 12.5 Å². The Morgan fingerprint density at radius 1 is 1.53 bits per heavy atom. The highest BCUT2D eigenvalue weighted by molar-refractivity contribution is 5.81. The SMILES string of the molecule is CCCCCCNC(=O)[C@@H](N)Cc1cnc[nH]1. The van der Waals surface area contributed by atoms with Crippen molar-refractivity contribution in [3.63, 3.8) is 0 Å². The van der Waals surface area contributed by atoms with Crippen molar-refractivity contribution in [3.8, 4) is 0 Å². The van der Waals surface area contributed by atoms with E-state index < -0.39 is 6.04 Å². The van der Waals surface area contributed by atoms with Crippen LogP contribution < -0.4 is 11.1 Å². The Kier molecular flexibility index (Phi) is 6.32. The van der Waals surface area contributed by atoms with Crippen molar-refractivity contribution in [1.29, 1.82) is 0 Å². The van der Waals surface area contributed by atoms with E-state index in [-0.39, 0.29) is 5.91 Å². The summed E-state index contributed by atoms with van der Waals surface area (Å²) in [5.74, 6) is -0.0869. The zero-order chi connectivity index (χ0) is 12.5. The molecule has 0 aliphatic heterocycles. The summed E-state index contributed by atoms with van der Waals surface area (Å²) in [6.45, 7) is 2.88. The van der Waals surface area contributed by atoms with Crippen molar-refractivity contribution in [1.82, 2.24) is 15.3 Å². The molecule has 1 aromatic heterocycles. The number of imidazole rings is 1. The van der Waals surface area contributed by atoms with E-state index in [0.717, 1.165) is 25.1 Å². The molecule has 1 aromatic rings. The Morgan fingerprint density at radius 3 is 3.00 bits per heavy atom. The molecule has 17 heavy (non-hydrogen) atoms. The molecular formula is C12H22N4O. The van der Waals surface area contributed by atoms with Crippen molar-refractivity contribution in [2.45, 2.75) is 45.1 Å². The van der Waals surface area contributed by atoms with Crippen molar-refractivity contribution in [2.75, 3.05) is 6.54 Å². The monoisotopic (exact) mass is 238 g/mol. The minimum Gasteiger partial charge on any atom is -0.355 e. The lowest BCUT2D eigenvalue weighted by Crippen LogP contribution is -2.42. The van der Waals surface area contributed by atoms with E-state index in [1.165, 1.54) is 12.8 Å². The number of carbonyl (C=O) groups excluding carboxylic acids is 1. The largest absolute Gasteiger partial charge is 0.355 e. The number of unbranched alkanes of at least 4 members (excludes halogenated alkanes) is 3. The first-order valence-corrected chi connectivity index (χ1v) is 6.24. The van der Waals surface area contributed by atoms with Gasteiger partial charge in [0.05, 0.1) is 12.4 Å². The predicted molar refractivity (Wildman–Crippen MR) is 67.4 cm³/mol. The van der Waals surface area contributed by atoms with Gasteiger partial charge in [0.25, 0.3) is 0 Å². The Hall–Kier alpha value is -1.36. The lowest BCUT2D eigenvalue weighted by molar-refractivity contribution is -0.122. The van der Waals surface area contributed by atoms with Gasteiger partial charge in [-0.15, -0.1) is 0 Å². The molecule has 0 saturated heterocycles. The topological polar surface area (TPSA) is 83.8 Å². The number of nitrogens with one attached hydrogen (secondary N) is 2. The van der Waals surface area contributed by atoms with Gasteiger partial charge in [-0.3, -0.25) is 4.79 Å². The van der Waals surface area contributed by atoms with Gasteiger partial charge >= 0.3 is 0 Å². The van der Waals surface area contributed by atoms with Gasteiger partial charge in [0.15, 0.2) is 0 Å².